The molecule has 0 aliphatic carbocycles. The Hall–Kier alpha value is -0.600. The van der Waals surface area contributed by atoms with Crippen LogP contribution in [-0.2, 0) is 0 Å². The third kappa shape index (κ3) is 2.46. The first-order valence-electron chi connectivity index (χ1n) is 3.16. The van der Waals surface area contributed by atoms with Crippen molar-refractivity contribution >= 4 is 0 Å². The SMILES string of the molecule is NCC(C(F)(F)F)C(F)(F)C(F)(F)F. The fourth-order valence-electron chi connectivity index (χ4n) is 0.685. The molecule has 0 spiro atoms. The number of hydrogen-bond acceptors (Lipinski definition) is 1. The minimum atomic E-state index is -6.26. The van der Waals surface area contributed by atoms with Gasteiger partial charge in [0.05, 0.1) is 0 Å². The molecule has 0 fully saturated rings. The van der Waals surface area contributed by atoms with Gasteiger partial charge in [0.25, 0.3) is 0 Å². The Morgan fingerprint density at radius 1 is 0.857 bits per heavy atom. The van der Waals surface area contributed by atoms with Crippen LogP contribution in [0.4, 0.5) is 35.1 Å². The van der Waals surface area contributed by atoms with Crippen molar-refractivity contribution in [1.82, 2.24) is 0 Å². The van der Waals surface area contributed by atoms with E-state index in [-0.39, 0.29) is 0 Å². The molecule has 1 unspecified atom stereocenters. The fourth-order valence-corrected chi connectivity index (χ4v) is 0.685. The highest BCUT2D eigenvalue weighted by molar-refractivity contribution is 4.89. The molecule has 0 radical (unpaired) electrons. The van der Waals surface area contributed by atoms with Crippen molar-refractivity contribution < 1.29 is 35.1 Å². The van der Waals surface area contributed by atoms with E-state index in [4.69, 9.17) is 0 Å². The highest BCUT2D eigenvalue weighted by Gasteiger charge is 2.68. The van der Waals surface area contributed by atoms with Gasteiger partial charge in [-0.3, -0.25) is 0 Å². The molecule has 0 rings (SSSR count). The predicted octanol–water partition coefficient (Wildman–Crippen LogP) is 2.32. The Kier molecular flexibility index (Phi) is 3.37. The van der Waals surface area contributed by atoms with Gasteiger partial charge >= 0.3 is 18.3 Å². The average Bonchev–Trinajstić information content (AvgIpc) is 1.80. The van der Waals surface area contributed by atoms with Gasteiger partial charge in [-0.2, -0.15) is 35.1 Å². The maximum atomic E-state index is 12.2. The molecular formula is C5H5F8N. The standard InChI is InChI=1S/C5H5F8N/c6-3(7,5(11,12)13)2(1-14)4(8,9)10/h2H,1,14H2. The molecule has 9 heteroatoms. The van der Waals surface area contributed by atoms with Crippen molar-refractivity contribution in [3.63, 3.8) is 0 Å². The van der Waals surface area contributed by atoms with E-state index >= 15 is 0 Å². The molecular weight excluding hydrogens is 226 g/mol. The minimum Gasteiger partial charge on any atom is -0.330 e. The summed E-state index contributed by atoms with van der Waals surface area (Å²) < 4.78 is 93.9. The van der Waals surface area contributed by atoms with E-state index in [9.17, 15) is 35.1 Å². The van der Waals surface area contributed by atoms with Gasteiger partial charge in [0.15, 0.2) is 0 Å². The maximum absolute atomic E-state index is 12.2. The van der Waals surface area contributed by atoms with E-state index < -0.39 is 30.7 Å². The minimum absolute atomic E-state index is 1.82. The van der Waals surface area contributed by atoms with Crippen molar-refractivity contribution in [3.05, 3.63) is 0 Å². The van der Waals surface area contributed by atoms with Crippen molar-refractivity contribution in [2.45, 2.75) is 18.3 Å². The summed E-state index contributed by atoms with van der Waals surface area (Å²) in [6.07, 6.45) is -11.9. The third-order valence-corrected chi connectivity index (χ3v) is 1.45. The third-order valence-electron chi connectivity index (χ3n) is 1.45. The molecule has 14 heavy (non-hydrogen) atoms. The Balaban J connectivity index is 5.04. The summed E-state index contributed by atoms with van der Waals surface area (Å²) >= 11 is 0. The van der Waals surface area contributed by atoms with Crippen molar-refractivity contribution in [2.24, 2.45) is 11.7 Å². The van der Waals surface area contributed by atoms with Gasteiger partial charge < -0.3 is 5.73 Å². The number of halogens is 8. The molecule has 0 aliphatic heterocycles. The Labute approximate surface area is 72.9 Å². The molecule has 2 N–H and O–H groups in total. The lowest BCUT2D eigenvalue weighted by molar-refractivity contribution is -0.343. The largest absolute Gasteiger partial charge is 0.453 e. The zero-order chi connectivity index (χ0) is 11.8. The van der Waals surface area contributed by atoms with Crippen LogP contribution in [0.3, 0.4) is 0 Å². The van der Waals surface area contributed by atoms with Crippen LogP contribution in [-0.4, -0.2) is 24.8 Å². The summed E-state index contributed by atoms with van der Waals surface area (Å²) in [5.74, 6) is -9.77. The molecule has 0 amide bonds. The molecule has 0 heterocycles. The summed E-state index contributed by atoms with van der Waals surface area (Å²) in [5.41, 5.74) is 4.24. The predicted molar refractivity (Wildman–Crippen MR) is 29.6 cm³/mol. The number of rotatable bonds is 2. The van der Waals surface area contributed by atoms with Crippen LogP contribution in [0.1, 0.15) is 0 Å². The van der Waals surface area contributed by atoms with Crippen LogP contribution in [0.5, 0.6) is 0 Å². The average molecular weight is 231 g/mol. The van der Waals surface area contributed by atoms with E-state index in [1.165, 1.54) is 0 Å². The summed E-state index contributed by atoms with van der Waals surface area (Å²) in [5, 5.41) is 0. The lowest BCUT2D eigenvalue weighted by atomic mass is 10.0. The highest BCUT2D eigenvalue weighted by Crippen LogP contribution is 2.46. The smallest absolute Gasteiger partial charge is 0.330 e. The molecule has 0 aromatic carbocycles. The topological polar surface area (TPSA) is 26.0 Å². The zero-order valence-corrected chi connectivity index (χ0v) is 6.39. The van der Waals surface area contributed by atoms with E-state index in [1.807, 2.05) is 0 Å². The van der Waals surface area contributed by atoms with Gasteiger partial charge in [-0.25, -0.2) is 0 Å². The monoisotopic (exact) mass is 231 g/mol. The van der Waals surface area contributed by atoms with Gasteiger partial charge in [-0.15, -0.1) is 0 Å². The Bertz CT molecular complexity index is 191. The first-order valence-corrected chi connectivity index (χ1v) is 3.16. The zero-order valence-electron chi connectivity index (χ0n) is 6.39. The van der Waals surface area contributed by atoms with Crippen LogP contribution < -0.4 is 5.73 Å². The lowest BCUT2D eigenvalue weighted by Crippen LogP contribution is -2.52. The normalized spacial score (nSPS) is 16.9. The van der Waals surface area contributed by atoms with Crippen LogP contribution in [0.25, 0.3) is 0 Å². The highest BCUT2D eigenvalue weighted by atomic mass is 19.4. The van der Waals surface area contributed by atoms with Crippen molar-refractivity contribution in [2.75, 3.05) is 6.54 Å². The second-order valence-corrected chi connectivity index (χ2v) is 2.45. The number of alkyl halides is 8. The van der Waals surface area contributed by atoms with E-state index in [0.717, 1.165) is 0 Å². The summed E-state index contributed by atoms with van der Waals surface area (Å²) in [6, 6.07) is 0. The van der Waals surface area contributed by atoms with E-state index in [0.29, 0.717) is 0 Å². The Morgan fingerprint density at radius 2 is 1.21 bits per heavy atom. The maximum Gasteiger partial charge on any atom is 0.453 e. The van der Waals surface area contributed by atoms with Crippen LogP contribution in [0.2, 0.25) is 0 Å². The van der Waals surface area contributed by atoms with Gasteiger partial charge in [-0.1, -0.05) is 0 Å². The number of hydrogen-bond donors (Lipinski definition) is 1. The summed E-state index contributed by atoms with van der Waals surface area (Å²) in [4.78, 5) is 0. The summed E-state index contributed by atoms with van der Waals surface area (Å²) in [7, 11) is 0. The first kappa shape index (κ1) is 13.4. The molecule has 0 aromatic heterocycles. The summed E-state index contributed by atoms with van der Waals surface area (Å²) in [6.45, 7) is -1.82. The van der Waals surface area contributed by atoms with Gasteiger partial charge in [-0.05, 0) is 0 Å². The molecule has 0 saturated heterocycles. The van der Waals surface area contributed by atoms with Crippen LogP contribution in [0.15, 0.2) is 0 Å². The fraction of sp³-hybridized carbons (Fsp3) is 1.00. The Morgan fingerprint density at radius 3 is 1.29 bits per heavy atom. The lowest BCUT2D eigenvalue weighted by Gasteiger charge is -2.28. The molecule has 1 atom stereocenters. The van der Waals surface area contributed by atoms with Crippen LogP contribution >= 0.6 is 0 Å². The molecule has 86 valence electrons. The van der Waals surface area contributed by atoms with Crippen LogP contribution in [0, 0.1) is 5.92 Å². The first-order chi connectivity index (χ1) is 5.94. The second kappa shape index (κ2) is 3.52. The second-order valence-electron chi connectivity index (χ2n) is 2.45. The molecule has 0 aromatic rings. The van der Waals surface area contributed by atoms with Gasteiger partial charge in [0.1, 0.15) is 5.92 Å². The quantitative estimate of drug-likeness (QED) is 0.725. The van der Waals surface area contributed by atoms with Crippen molar-refractivity contribution in [1.29, 1.82) is 0 Å². The molecule has 0 bridgehead atoms. The van der Waals surface area contributed by atoms with Gasteiger partial charge in [0, 0.05) is 6.54 Å². The molecule has 0 saturated carbocycles. The molecule has 1 nitrogen and oxygen atoms in total. The van der Waals surface area contributed by atoms with E-state index in [1.54, 1.807) is 0 Å². The number of nitrogens with two attached hydrogens (primary N) is 1. The van der Waals surface area contributed by atoms with Gasteiger partial charge in [0.2, 0.25) is 0 Å². The molecule has 0 aliphatic rings. The van der Waals surface area contributed by atoms with E-state index in [2.05, 4.69) is 5.73 Å². The van der Waals surface area contributed by atoms with Crippen molar-refractivity contribution in [3.8, 4) is 0 Å².